The van der Waals surface area contributed by atoms with Crippen LogP contribution >= 0.6 is 0 Å². The average Bonchev–Trinajstić information content (AvgIpc) is 2.72. The standard InChI is InChI=1S/C26H46F2/c1-2-3-4-5-6-7-8-9-10-11-22-12-17-24(18-13-22)25-19-14-23(15-20-25)16-21-26(27)28/h21-25H,2-20H2,1H3. The Kier molecular flexibility index (Phi) is 12.4. The van der Waals surface area contributed by atoms with Crippen LogP contribution in [0.5, 0.6) is 0 Å². The van der Waals surface area contributed by atoms with Gasteiger partial charge in [-0.25, -0.2) is 0 Å². The lowest BCUT2D eigenvalue weighted by Crippen LogP contribution is -2.25. The molecule has 0 aromatic rings. The van der Waals surface area contributed by atoms with Crippen LogP contribution in [-0.4, -0.2) is 0 Å². The second-order valence-electron chi connectivity index (χ2n) is 9.91. The molecule has 0 spiro atoms. The Balaban J connectivity index is 1.46. The minimum Gasteiger partial charge on any atom is -0.174 e. The molecule has 0 N–H and O–H groups in total. The van der Waals surface area contributed by atoms with E-state index in [4.69, 9.17) is 0 Å². The average molecular weight is 397 g/mol. The van der Waals surface area contributed by atoms with E-state index in [1.165, 1.54) is 116 Å². The van der Waals surface area contributed by atoms with Crippen molar-refractivity contribution in [1.29, 1.82) is 0 Å². The second-order valence-corrected chi connectivity index (χ2v) is 9.91. The van der Waals surface area contributed by atoms with Crippen LogP contribution in [0.2, 0.25) is 0 Å². The third-order valence-electron chi connectivity index (χ3n) is 7.77. The van der Waals surface area contributed by atoms with Crippen LogP contribution < -0.4 is 0 Å². The summed E-state index contributed by atoms with van der Waals surface area (Å²) in [6, 6.07) is 0. The van der Waals surface area contributed by atoms with E-state index >= 15 is 0 Å². The first-order valence-electron chi connectivity index (χ1n) is 12.7. The minimum absolute atomic E-state index is 0.515. The highest BCUT2D eigenvalue weighted by Gasteiger charge is 2.30. The summed E-state index contributed by atoms with van der Waals surface area (Å²) in [5.74, 6) is 3.34. The molecule has 2 aliphatic rings. The lowest BCUT2D eigenvalue weighted by Gasteiger charge is -2.37. The third kappa shape index (κ3) is 9.88. The fraction of sp³-hybridized carbons (Fsp3) is 0.923. The topological polar surface area (TPSA) is 0 Å². The molecule has 2 aliphatic carbocycles. The van der Waals surface area contributed by atoms with Crippen LogP contribution in [0.1, 0.15) is 129 Å². The van der Waals surface area contributed by atoms with Crippen LogP contribution in [0.15, 0.2) is 12.2 Å². The minimum atomic E-state index is -1.49. The molecule has 2 heteroatoms. The highest BCUT2D eigenvalue weighted by molar-refractivity contribution is 4.87. The van der Waals surface area contributed by atoms with Gasteiger partial charge in [-0.15, -0.1) is 0 Å². The summed E-state index contributed by atoms with van der Waals surface area (Å²) in [7, 11) is 0. The molecule has 2 fully saturated rings. The van der Waals surface area contributed by atoms with E-state index in [0.29, 0.717) is 12.3 Å². The van der Waals surface area contributed by atoms with Gasteiger partial charge in [-0.3, -0.25) is 0 Å². The van der Waals surface area contributed by atoms with Gasteiger partial charge in [0, 0.05) is 0 Å². The Labute approximate surface area is 173 Å². The SMILES string of the molecule is CCCCCCCCCCCC1CCC(C2CCC(CC=C(F)F)CC2)CC1. The molecule has 0 nitrogen and oxygen atoms in total. The van der Waals surface area contributed by atoms with Gasteiger partial charge in [0.25, 0.3) is 6.08 Å². The zero-order chi connectivity index (χ0) is 20.0. The summed E-state index contributed by atoms with van der Waals surface area (Å²) >= 11 is 0. The maximum absolute atomic E-state index is 12.3. The summed E-state index contributed by atoms with van der Waals surface area (Å²) in [4.78, 5) is 0. The number of unbranched alkanes of at least 4 members (excludes halogenated alkanes) is 8. The molecule has 164 valence electrons. The Hall–Kier alpha value is -0.400. The van der Waals surface area contributed by atoms with Crippen molar-refractivity contribution in [2.45, 2.75) is 129 Å². The van der Waals surface area contributed by atoms with Gasteiger partial charge in [0.05, 0.1) is 0 Å². The molecule has 0 aromatic heterocycles. The molecule has 28 heavy (non-hydrogen) atoms. The van der Waals surface area contributed by atoms with Gasteiger partial charge in [-0.05, 0) is 74.7 Å². The maximum atomic E-state index is 12.3. The van der Waals surface area contributed by atoms with Crippen LogP contribution in [-0.2, 0) is 0 Å². The largest absolute Gasteiger partial charge is 0.266 e. The fourth-order valence-electron chi connectivity index (χ4n) is 5.84. The van der Waals surface area contributed by atoms with Gasteiger partial charge in [-0.1, -0.05) is 84.0 Å². The van der Waals surface area contributed by atoms with E-state index in [-0.39, 0.29) is 0 Å². The first-order chi connectivity index (χ1) is 13.7. The maximum Gasteiger partial charge on any atom is 0.266 e. The van der Waals surface area contributed by atoms with E-state index in [0.717, 1.165) is 23.8 Å². The van der Waals surface area contributed by atoms with Crippen molar-refractivity contribution in [2.24, 2.45) is 23.7 Å². The molecule has 0 aliphatic heterocycles. The Bertz CT molecular complexity index is 397. The molecule has 0 aromatic carbocycles. The normalized spacial score (nSPS) is 28.2. The zero-order valence-corrected chi connectivity index (χ0v) is 18.6. The Morgan fingerprint density at radius 3 is 1.61 bits per heavy atom. The molecule has 0 bridgehead atoms. The third-order valence-corrected chi connectivity index (χ3v) is 7.77. The molecule has 0 atom stereocenters. The van der Waals surface area contributed by atoms with Crippen LogP contribution in [0.4, 0.5) is 8.78 Å². The second kappa shape index (κ2) is 14.6. The first-order valence-corrected chi connectivity index (χ1v) is 12.7. The van der Waals surface area contributed by atoms with Gasteiger partial charge in [0.1, 0.15) is 0 Å². The van der Waals surface area contributed by atoms with E-state index in [1.54, 1.807) is 0 Å². The van der Waals surface area contributed by atoms with E-state index in [1.807, 2.05) is 0 Å². The van der Waals surface area contributed by atoms with Crippen LogP contribution in [0.3, 0.4) is 0 Å². The Morgan fingerprint density at radius 1 is 0.643 bits per heavy atom. The van der Waals surface area contributed by atoms with Crippen molar-refractivity contribution in [2.75, 3.05) is 0 Å². The zero-order valence-electron chi connectivity index (χ0n) is 18.6. The van der Waals surface area contributed by atoms with Gasteiger partial charge < -0.3 is 0 Å². The molecule has 0 saturated heterocycles. The molecule has 0 heterocycles. The lowest BCUT2D eigenvalue weighted by atomic mass is 9.68. The van der Waals surface area contributed by atoms with Gasteiger partial charge in [0.2, 0.25) is 0 Å². The fourth-order valence-corrected chi connectivity index (χ4v) is 5.84. The lowest BCUT2D eigenvalue weighted by molar-refractivity contribution is 0.143. The molecule has 2 saturated carbocycles. The van der Waals surface area contributed by atoms with Crippen molar-refractivity contribution < 1.29 is 8.78 Å². The van der Waals surface area contributed by atoms with Crippen molar-refractivity contribution in [3.8, 4) is 0 Å². The molecule has 2 rings (SSSR count). The summed E-state index contributed by atoms with van der Waals surface area (Å²) < 4.78 is 24.5. The van der Waals surface area contributed by atoms with Crippen molar-refractivity contribution in [1.82, 2.24) is 0 Å². The van der Waals surface area contributed by atoms with Crippen LogP contribution in [0, 0.1) is 23.7 Å². The molecule has 0 unspecified atom stereocenters. The van der Waals surface area contributed by atoms with Crippen molar-refractivity contribution in [3.63, 3.8) is 0 Å². The monoisotopic (exact) mass is 396 g/mol. The van der Waals surface area contributed by atoms with Gasteiger partial charge in [-0.2, -0.15) is 8.78 Å². The summed E-state index contributed by atoms with van der Waals surface area (Å²) in [5, 5.41) is 0. The van der Waals surface area contributed by atoms with E-state index < -0.39 is 6.08 Å². The number of allylic oxidation sites excluding steroid dienone is 1. The number of hydrogen-bond donors (Lipinski definition) is 0. The van der Waals surface area contributed by atoms with E-state index in [9.17, 15) is 8.78 Å². The summed E-state index contributed by atoms with van der Waals surface area (Å²) in [6.45, 7) is 2.29. The van der Waals surface area contributed by atoms with Crippen molar-refractivity contribution >= 4 is 0 Å². The highest BCUT2D eigenvalue weighted by Crippen LogP contribution is 2.43. The summed E-state index contributed by atoms with van der Waals surface area (Å²) in [6.07, 6.45) is 25.3. The number of rotatable bonds is 13. The predicted octanol–water partition coefficient (Wildman–Crippen LogP) is 9.69. The smallest absolute Gasteiger partial charge is 0.174 e. The highest BCUT2D eigenvalue weighted by atomic mass is 19.3. The molecular weight excluding hydrogens is 350 g/mol. The molecule has 0 amide bonds. The number of hydrogen-bond acceptors (Lipinski definition) is 0. The quantitative estimate of drug-likeness (QED) is 0.272. The predicted molar refractivity (Wildman–Crippen MR) is 118 cm³/mol. The van der Waals surface area contributed by atoms with Crippen molar-refractivity contribution in [3.05, 3.63) is 12.2 Å². The molecular formula is C26H46F2. The Morgan fingerprint density at radius 2 is 1.11 bits per heavy atom. The van der Waals surface area contributed by atoms with Gasteiger partial charge >= 0.3 is 0 Å². The first kappa shape index (κ1) is 23.9. The number of halogens is 2. The van der Waals surface area contributed by atoms with E-state index in [2.05, 4.69) is 6.92 Å². The van der Waals surface area contributed by atoms with Gasteiger partial charge in [0.15, 0.2) is 0 Å². The molecule has 0 radical (unpaired) electrons. The summed E-state index contributed by atoms with van der Waals surface area (Å²) in [5.41, 5.74) is 0. The van der Waals surface area contributed by atoms with Crippen LogP contribution in [0.25, 0.3) is 0 Å².